The predicted octanol–water partition coefficient (Wildman–Crippen LogP) is 9.62. The van der Waals surface area contributed by atoms with Crippen LogP contribution < -0.4 is 10.2 Å². The van der Waals surface area contributed by atoms with Gasteiger partial charge in [0.05, 0.1) is 39.9 Å². The summed E-state index contributed by atoms with van der Waals surface area (Å²) in [4.78, 5) is 37.5. The monoisotopic (exact) mass is 765 g/mol. The maximum absolute atomic E-state index is 12.8. The molecule has 0 aromatic rings. The van der Waals surface area contributed by atoms with Gasteiger partial charge in [0, 0.05) is 12.8 Å². The van der Waals surface area contributed by atoms with Crippen molar-refractivity contribution < 1.29 is 37.7 Å². The van der Waals surface area contributed by atoms with Crippen molar-refractivity contribution in [1.82, 2.24) is 5.32 Å². The molecule has 0 fully saturated rings. The van der Waals surface area contributed by atoms with Gasteiger partial charge >= 0.3 is 0 Å². The number of rotatable bonds is 36. The molecule has 0 aromatic carbocycles. The Kier molecular flexibility index (Phi) is 33.0. The first-order valence-corrected chi connectivity index (χ1v) is 22.1. The van der Waals surface area contributed by atoms with E-state index < -0.39 is 32.5 Å². The zero-order valence-corrected chi connectivity index (χ0v) is 35.1. The molecule has 3 atom stereocenters. The average molecular weight is 765 g/mol. The number of allylic oxidation sites excluding steroid dienone is 9. The van der Waals surface area contributed by atoms with Crippen molar-refractivity contribution in [2.45, 2.75) is 161 Å². The number of likely N-dealkylation sites (N-methyl/N-ethyl adjacent to an activating group) is 1. The van der Waals surface area contributed by atoms with Crippen LogP contribution in [0.5, 0.6) is 0 Å². The number of nitrogens with zero attached hydrogens (tertiary/aromatic N) is 1. The van der Waals surface area contributed by atoms with Gasteiger partial charge in [-0.25, -0.2) is 0 Å². The zero-order valence-electron chi connectivity index (χ0n) is 34.2. The Morgan fingerprint density at radius 2 is 1.26 bits per heavy atom. The minimum atomic E-state index is -4.65. The van der Waals surface area contributed by atoms with E-state index in [1.165, 1.54) is 83.1 Å². The number of carbonyl (C=O) groups excluding carboxylic acids is 2. The van der Waals surface area contributed by atoms with Crippen molar-refractivity contribution in [1.29, 1.82) is 0 Å². The number of hydrogen-bond acceptors (Lipinski definition) is 7. The highest BCUT2D eigenvalue weighted by molar-refractivity contribution is 7.45. The van der Waals surface area contributed by atoms with E-state index >= 15 is 0 Å². The molecule has 1 amide bonds. The van der Waals surface area contributed by atoms with Gasteiger partial charge in [0.25, 0.3) is 7.82 Å². The van der Waals surface area contributed by atoms with E-state index in [1.807, 2.05) is 39.4 Å². The molecule has 0 rings (SSSR count). The number of aliphatic hydroxyl groups is 1. The number of aliphatic hydroxyl groups excluding tert-OH is 1. The molecule has 0 aliphatic heterocycles. The number of quaternary nitrogens is 1. The van der Waals surface area contributed by atoms with Gasteiger partial charge in [-0.1, -0.05) is 146 Å². The molecule has 53 heavy (non-hydrogen) atoms. The third-order valence-corrected chi connectivity index (χ3v) is 9.66. The van der Waals surface area contributed by atoms with E-state index in [0.717, 1.165) is 38.5 Å². The third-order valence-electron chi connectivity index (χ3n) is 8.70. The van der Waals surface area contributed by atoms with Crippen molar-refractivity contribution >= 4 is 19.5 Å². The van der Waals surface area contributed by atoms with Crippen molar-refractivity contribution in [3.63, 3.8) is 0 Å². The van der Waals surface area contributed by atoms with Gasteiger partial charge in [0.15, 0.2) is 5.78 Å². The van der Waals surface area contributed by atoms with Crippen LogP contribution in [0.15, 0.2) is 60.8 Å². The Labute approximate surface area is 324 Å². The molecule has 0 aliphatic carbocycles. The van der Waals surface area contributed by atoms with Gasteiger partial charge in [0.2, 0.25) is 5.91 Å². The fraction of sp³-hybridized carbons (Fsp3) is 0.721. The topological polar surface area (TPSA) is 125 Å². The van der Waals surface area contributed by atoms with E-state index in [4.69, 9.17) is 9.05 Å². The molecule has 1 unspecified atom stereocenters. The van der Waals surface area contributed by atoms with Gasteiger partial charge in [-0.3, -0.25) is 14.2 Å². The molecule has 306 valence electrons. The van der Waals surface area contributed by atoms with Crippen LogP contribution in [0.25, 0.3) is 0 Å². The summed E-state index contributed by atoms with van der Waals surface area (Å²) >= 11 is 0. The summed E-state index contributed by atoms with van der Waals surface area (Å²) in [5.74, 6) is -0.489. The molecular weight excluding hydrogens is 687 g/mol. The molecule has 0 aliphatic rings. The van der Waals surface area contributed by atoms with Gasteiger partial charge < -0.3 is 28.8 Å². The zero-order chi connectivity index (χ0) is 39.5. The molecule has 0 bridgehead atoms. The molecular formula is C43H77N2O7P. The SMILES string of the molecule is CCCCC/C=C\C/C=C\C/C=C\C=C\C(=O)CCCC(=O)N[C@@H](COP(=O)([O-])OCC[N+](C)(C)C)[C@H](O)/C=C/CCCCCCCCCCCCC. The van der Waals surface area contributed by atoms with E-state index in [0.29, 0.717) is 17.4 Å². The highest BCUT2D eigenvalue weighted by Crippen LogP contribution is 2.38. The number of nitrogens with one attached hydrogen (secondary N) is 1. The average Bonchev–Trinajstić information content (AvgIpc) is 3.09. The first-order chi connectivity index (χ1) is 25.4. The summed E-state index contributed by atoms with van der Waals surface area (Å²) in [7, 11) is 1.10. The molecule has 10 heteroatoms. The normalized spacial score (nSPS) is 15.0. The maximum Gasteiger partial charge on any atom is 0.268 e. The van der Waals surface area contributed by atoms with Crippen LogP contribution >= 0.6 is 7.82 Å². The van der Waals surface area contributed by atoms with E-state index in [1.54, 1.807) is 12.2 Å². The lowest BCUT2D eigenvalue weighted by atomic mass is 10.0. The Morgan fingerprint density at radius 3 is 1.91 bits per heavy atom. The highest BCUT2D eigenvalue weighted by Gasteiger charge is 2.23. The van der Waals surface area contributed by atoms with Gasteiger partial charge in [-0.05, 0) is 51.0 Å². The van der Waals surface area contributed by atoms with Gasteiger partial charge in [-0.2, -0.15) is 0 Å². The number of carbonyl (C=O) groups is 2. The number of amides is 1. The van der Waals surface area contributed by atoms with Crippen LogP contribution in [0, 0.1) is 0 Å². The van der Waals surface area contributed by atoms with Crippen LogP contribution in [0.2, 0.25) is 0 Å². The summed E-state index contributed by atoms with van der Waals surface area (Å²) in [6.45, 7) is 4.39. The number of ketones is 1. The second kappa shape index (κ2) is 34.4. The van der Waals surface area contributed by atoms with E-state index in [9.17, 15) is 24.2 Å². The quantitative estimate of drug-likeness (QED) is 0.0163. The minimum Gasteiger partial charge on any atom is -0.756 e. The van der Waals surface area contributed by atoms with Crippen LogP contribution in [0.1, 0.15) is 149 Å². The summed E-state index contributed by atoms with van der Waals surface area (Å²) in [5, 5.41) is 13.6. The first kappa shape index (κ1) is 50.9. The fourth-order valence-corrected chi connectivity index (χ4v) is 6.06. The van der Waals surface area contributed by atoms with Crippen molar-refractivity contribution in [3.05, 3.63) is 60.8 Å². The lowest BCUT2D eigenvalue weighted by molar-refractivity contribution is -0.870. The standard InChI is InChI=1S/C43H77N2O7P/c1-6-8-10-12-14-16-18-20-22-24-26-28-30-33-40(46)34-32-36-43(48)44-41(39-52-53(49,50)51-38-37-45(3,4)5)42(47)35-31-29-27-25-23-21-19-17-15-13-11-9-7-2/h14,16,20,22,26,28,30-31,33,35,41-42,47H,6-13,15,17-19,21,23-25,27,29,32,34,36-39H2,1-5H3,(H-,44,48,49,50)/b16-14-,22-20-,28-26-,33-30+,35-31+/t41-,42+/m0/s1. The molecule has 0 spiro atoms. The van der Waals surface area contributed by atoms with Crippen LogP contribution in [0.4, 0.5) is 0 Å². The molecule has 0 heterocycles. The molecule has 0 saturated heterocycles. The fourth-order valence-electron chi connectivity index (χ4n) is 5.34. The first-order valence-electron chi connectivity index (χ1n) is 20.6. The van der Waals surface area contributed by atoms with E-state index in [2.05, 4.69) is 43.5 Å². The van der Waals surface area contributed by atoms with Crippen LogP contribution in [0.3, 0.4) is 0 Å². The number of phosphoric acid groups is 1. The summed E-state index contributed by atoms with van der Waals surface area (Å²) in [6.07, 6.45) is 39.7. The third kappa shape index (κ3) is 36.6. The smallest absolute Gasteiger partial charge is 0.268 e. The molecule has 0 radical (unpaired) electrons. The Morgan fingerprint density at radius 1 is 0.717 bits per heavy atom. The molecule has 2 N–H and O–H groups in total. The second-order valence-electron chi connectivity index (χ2n) is 15.0. The minimum absolute atomic E-state index is 0.0465. The second-order valence-corrected chi connectivity index (χ2v) is 16.4. The summed E-state index contributed by atoms with van der Waals surface area (Å²) < 4.78 is 23.0. The molecule has 9 nitrogen and oxygen atoms in total. The van der Waals surface area contributed by atoms with Gasteiger partial charge in [0.1, 0.15) is 13.2 Å². The summed E-state index contributed by atoms with van der Waals surface area (Å²) in [5.41, 5.74) is 0. The van der Waals surface area contributed by atoms with Crippen molar-refractivity contribution in [2.24, 2.45) is 0 Å². The lowest BCUT2D eigenvalue weighted by Gasteiger charge is -2.29. The van der Waals surface area contributed by atoms with Gasteiger partial charge in [-0.15, -0.1) is 0 Å². The van der Waals surface area contributed by atoms with Crippen LogP contribution in [-0.2, 0) is 23.2 Å². The number of phosphoric ester groups is 1. The molecule has 0 aromatic heterocycles. The van der Waals surface area contributed by atoms with Crippen molar-refractivity contribution in [2.75, 3.05) is 40.9 Å². The number of hydrogen-bond donors (Lipinski definition) is 2. The predicted molar refractivity (Wildman–Crippen MR) is 219 cm³/mol. The summed E-state index contributed by atoms with van der Waals surface area (Å²) in [6, 6.07) is -1.00. The Bertz CT molecular complexity index is 1110. The van der Waals surface area contributed by atoms with E-state index in [-0.39, 0.29) is 25.2 Å². The number of unbranched alkanes of at least 4 members (excludes halogenated alkanes) is 14. The lowest BCUT2D eigenvalue weighted by Crippen LogP contribution is -2.45. The molecule has 0 saturated carbocycles. The highest BCUT2D eigenvalue weighted by atomic mass is 31.2. The van der Waals surface area contributed by atoms with Crippen molar-refractivity contribution in [3.8, 4) is 0 Å². The Balaban J connectivity index is 4.73. The largest absolute Gasteiger partial charge is 0.756 e. The van der Waals surface area contributed by atoms with Crippen LogP contribution in [-0.4, -0.2) is 74.3 Å². The maximum atomic E-state index is 12.8. The Hall–Kier alpha value is -2.13.